The van der Waals surface area contributed by atoms with Gasteiger partial charge in [-0.15, -0.1) is 11.8 Å². The number of anilines is 1. The molecule has 1 saturated heterocycles. The summed E-state index contributed by atoms with van der Waals surface area (Å²) in [7, 11) is -3.98. The molecule has 0 unspecified atom stereocenters. The van der Waals surface area contributed by atoms with Crippen molar-refractivity contribution in [1.82, 2.24) is 9.71 Å². The standard InChI is InChI=1S/C40H41N3O6S2/c1-27-11-21-34(22-12-27)51(46,47)43-35(24-29-8-4-3-5-9-29)39(45)42-33-19-17-32(18-20-33)40-48-36(26-50-37-10-6-7-23-41-37)28(2)38(49-40)31-15-13-30(25-44)14-16-31/h3-23,28,35-36,38,40,43-44H,24-26H2,1-2H3,(H,42,45)/t28-,35-,36+,38+,40+/m1/s1. The molecule has 11 heteroatoms. The van der Waals surface area contributed by atoms with Gasteiger partial charge in [-0.1, -0.05) is 97.4 Å². The number of nitrogens with zero attached hydrogens (tertiary/aromatic N) is 1. The molecule has 51 heavy (non-hydrogen) atoms. The van der Waals surface area contributed by atoms with Crippen LogP contribution in [0.2, 0.25) is 0 Å². The molecule has 264 valence electrons. The van der Waals surface area contributed by atoms with Crippen LogP contribution in [0.25, 0.3) is 0 Å². The van der Waals surface area contributed by atoms with Gasteiger partial charge in [-0.2, -0.15) is 4.72 Å². The van der Waals surface area contributed by atoms with Gasteiger partial charge < -0.3 is 19.9 Å². The summed E-state index contributed by atoms with van der Waals surface area (Å²) in [6, 6.07) is 35.5. The van der Waals surface area contributed by atoms with Crippen molar-refractivity contribution in [2.24, 2.45) is 5.92 Å². The second kappa shape index (κ2) is 16.8. The number of amides is 1. The zero-order valence-electron chi connectivity index (χ0n) is 28.4. The Bertz CT molecular complexity index is 1980. The summed E-state index contributed by atoms with van der Waals surface area (Å²) in [6.45, 7) is 3.96. The molecule has 0 aliphatic carbocycles. The smallest absolute Gasteiger partial charge is 0.242 e. The van der Waals surface area contributed by atoms with Gasteiger partial charge in [-0.25, -0.2) is 13.4 Å². The molecule has 2 heterocycles. The van der Waals surface area contributed by atoms with E-state index in [2.05, 4.69) is 21.9 Å². The normalized spacial score (nSPS) is 19.7. The topological polar surface area (TPSA) is 127 Å². The van der Waals surface area contributed by atoms with E-state index in [4.69, 9.17) is 9.47 Å². The Morgan fingerprint density at radius 3 is 2.20 bits per heavy atom. The van der Waals surface area contributed by atoms with Crippen molar-refractivity contribution < 1.29 is 27.8 Å². The number of pyridine rings is 1. The summed E-state index contributed by atoms with van der Waals surface area (Å²) in [6.07, 6.45) is 0.809. The van der Waals surface area contributed by atoms with Gasteiger partial charge >= 0.3 is 0 Å². The molecule has 1 amide bonds. The lowest BCUT2D eigenvalue weighted by atomic mass is 9.91. The lowest BCUT2D eigenvalue weighted by molar-refractivity contribution is -0.268. The predicted octanol–water partition coefficient (Wildman–Crippen LogP) is 6.99. The van der Waals surface area contributed by atoms with Crippen LogP contribution in [0.3, 0.4) is 0 Å². The molecule has 1 fully saturated rings. The van der Waals surface area contributed by atoms with Crippen LogP contribution in [0.1, 0.15) is 47.1 Å². The van der Waals surface area contributed by atoms with E-state index in [0.29, 0.717) is 11.4 Å². The van der Waals surface area contributed by atoms with Gasteiger partial charge in [0.25, 0.3) is 0 Å². The van der Waals surface area contributed by atoms with Crippen LogP contribution >= 0.6 is 11.8 Å². The highest BCUT2D eigenvalue weighted by atomic mass is 32.2. The van der Waals surface area contributed by atoms with Crippen LogP contribution in [0, 0.1) is 12.8 Å². The number of benzene rings is 4. The van der Waals surface area contributed by atoms with E-state index >= 15 is 0 Å². The average Bonchev–Trinajstić information content (AvgIpc) is 3.15. The van der Waals surface area contributed by atoms with Crippen LogP contribution in [-0.2, 0) is 37.3 Å². The van der Waals surface area contributed by atoms with Gasteiger partial charge in [0, 0.05) is 29.1 Å². The maximum atomic E-state index is 13.7. The number of carbonyl (C=O) groups excluding carboxylic acids is 1. The van der Waals surface area contributed by atoms with E-state index in [1.165, 1.54) is 12.1 Å². The van der Waals surface area contributed by atoms with Gasteiger partial charge in [0.05, 0.1) is 28.7 Å². The van der Waals surface area contributed by atoms with E-state index in [1.807, 2.05) is 91.9 Å². The maximum Gasteiger partial charge on any atom is 0.242 e. The molecule has 0 saturated carbocycles. The van der Waals surface area contributed by atoms with E-state index in [1.54, 1.807) is 42.2 Å². The molecular weight excluding hydrogens is 683 g/mol. The Morgan fingerprint density at radius 1 is 0.843 bits per heavy atom. The molecule has 1 aliphatic heterocycles. The number of thioether (sulfide) groups is 1. The second-order valence-corrected chi connectivity index (χ2v) is 15.3. The molecule has 1 aromatic heterocycles. The molecule has 3 N–H and O–H groups in total. The minimum absolute atomic E-state index is 0.0150. The van der Waals surface area contributed by atoms with Crippen LogP contribution in [-0.4, -0.2) is 42.3 Å². The third kappa shape index (κ3) is 9.50. The average molecular weight is 724 g/mol. The minimum Gasteiger partial charge on any atom is -0.392 e. The fraction of sp³-hybridized carbons (Fsp3) is 0.250. The third-order valence-corrected chi connectivity index (χ3v) is 11.4. The summed E-state index contributed by atoms with van der Waals surface area (Å²) >= 11 is 1.63. The van der Waals surface area contributed by atoms with Crippen LogP contribution in [0.5, 0.6) is 0 Å². The summed E-state index contributed by atoms with van der Waals surface area (Å²) in [5.41, 5.74) is 4.83. The van der Waals surface area contributed by atoms with E-state index in [-0.39, 0.29) is 36.0 Å². The van der Waals surface area contributed by atoms with Crippen molar-refractivity contribution in [3.8, 4) is 0 Å². The Kier molecular flexibility index (Phi) is 12.0. The molecule has 9 nitrogen and oxygen atoms in total. The van der Waals surface area contributed by atoms with Crippen molar-refractivity contribution >= 4 is 33.4 Å². The third-order valence-electron chi connectivity index (χ3n) is 8.83. The van der Waals surface area contributed by atoms with Gasteiger partial charge in [0.1, 0.15) is 6.04 Å². The summed E-state index contributed by atoms with van der Waals surface area (Å²) in [4.78, 5) is 18.2. The lowest BCUT2D eigenvalue weighted by Crippen LogP contribution is -2.45. The van der Waals surface area contributed by atoms with Crippen LogP contribution in [0.4, 0.5) is 5.69 Å². The highest BCUT2D eigenvalue weighted by molar-refractivity contribution is 7.99. The predicted molar refractivity (Wildman–Crippen MR) is 198 cm³/mol. The van der Waals surface area contributed by atoms with E-state index in [0.717, 1.165) is 32.8 Å². The first-order chi connectivity index (χ1) is 24.7. The molecule has 0 bridgehead atoms. The molecule has 6 rings (SSSR count). The number of aromatic nitrogens is 1. The van der Waals surface area contributed by atoms with Gasteiger partial charge in [0.2, 0.25) is 15.9 Å². The number of carbonyl (C=O) groups is 1. The molecule has 4 aromatic carbocycles. The van der Waals surface area contributed by atoms with Gasteiger partial charge in [0.15, 0.2) is 6.29 Å². The molecular formula is C40H41N3O6S2. The van der Waals surface area contributed by atoms with Gasteiger partial charge in [-0.3, -0.25) is 4.79 Å². The Morgan fingerprint density at radius 2 is 1.53 bits per heavy atom. The number of hydrogen-bond acceptors (Lipinski definition) is 8. The minimum atomic E-state index is -3.98. The zero-order chi connectivity index (χ0) is 35.8. The van der Waals surface area contributed by atoms with Crippen molar-refractivity contribution in [2.75, 3.05) is 11.1 Å². The first kappa shape index (κ1) is 36.4. The maximum absolute atomic E-state index is 13.7. The summed E-state index contributed by atoms with van der Waals surface area (Å²) in [5, 5.41) is 13.4. The van der Waals surface area contributed by atoms with Crippen molar-refractivity contribution in [1.29, 1.82) is 0 Å². The number of rotatable bonds is 13. The van der Waals surface area contributed by atoms with Crippen LogP contribution in [0.15, 0.2) is 137 Å². The number of sulfonamides is 1. The number of aliphatic hydroxyl groups is 1. The Labute approximate surface area is 303 Å². The monoisotopic (exact) mass is 723 g/mol. The summed E-state index contributed by atoms with van der Waals surface area (Å²) in [5.74, 6) is 0.194. The van der Waals surface area contributed by atoms with E-state index in [9.17, 15) is 18.3 Å². The lowest BCUT2D eigenvalue weighted by Gasteiger charge is -2.41. The fourth-order valence-corrected chi connectivity index (χ4v) is 8.10. The molecule has 5 aromatic rings. The number of nitrogens with one attached hydrogen (secondary N) is 2. The Hall–Kier alpha value is -4.36. The zero-order valence-corrected chi connectivity index (χ0v) is 30.0. The van der Waals surface area contributed by atoms with Gasteiger partial charge in [-0.05, 0) is 66.4 Å². The quantitative estimate of drug-likeness (QED) is 0.111. The number of ether oxygens (including phenoxy) is 2. The first-order valence-electron chi connectivity index (χ1n) is 16.8. The highest BCUT2D eigenvalue weighted by Crippen LogP contribution is 2.43. The highest BCUT2D eigenvalue weighted by Gasteiger charge is 2.38. The molecule has 5 atom stereocenters. The van der Waals surface area contributed by atoms with Crippen LogP contribution < -0.4 is 10.0 Å². The number of aryl methyl sites for hydroxylation is 1. The van der Waals surface area contributed by atoms with E-state index < -0.39 is 28.3 Å². The van der Waals surface area contributed by atoms with Crippen molar-refractivity contribution in [3.05, 3.63) is 155 Å². The largest absolute Gasteiger partial charge is 0.392 e. The SMILES string of the molecule is Cc1ccc(S(=O)(=O)N[C@H](Cc2ccccc2)C(=O)Nc2ccc([C@H]3O[C@@H](CSc4ccccn4)[C@@H](C)[C@@H](c4ccc(CO)cc4)O3)cc2)cc1. The Balaban J connectivity index is 1.19. The fourth-order valence-electron chi connectivity index (χ4n) is 5.87. The molecule has 0 spiro atoms. The second-order valence-electron chi connectivity index (χ2n) is 12.6. The number of aliphatic hydroxyl groups excluding tert-OH is 1. The summed E-state index contributed by atoms with van der Waals surface area (Å²) < 4.78 is 42.4. The number of hydrogen-bond donors (Lipinski definition) is 3. The van der Waals surface area contributed by atoms with Crippen molar-refractivity contribution in [3.63, 3.8) is 0 Å². The van der Waals surface area contributed by atoms with Crippen molar-refractivity contribution in [2.45, 2.75) is 61.3 Å². The molecule has 1 aliphatic rings. The first-order valence-corrected chi connectivity index (χ1v) is 19.2. The molecule has 0 radical (unpaired) electrons.